The molecule has 2 nitrogen and oxygen atoms in total. The summed E-state index contributed by atoms with van der Waals surface area (Å²) < 4.78 is 0. The van der Waals surface area contributed by atoms with E-state index < -0.39 is 0 Å². The van der Waals surface area contributed by atoms with Crippen LogP contribution in [0.3, 0.4) is 0 Å². The van der Waals surface area contributed by atoms with Crippen LogP contribution in [0.1, 0.15) is 50.7 Å². The Morgan fingerprint density at radius 2 is 2.06 bits per heavy atom. The van der Waals surface area contributed by atoms with E-state index in [1.807, 2.05) is 20.8 Å². The van der Waals surface area contributed by atoms with Crippen LogP contribution in [0.25, 0.3) is 0 Å². The van der Waals surface area contributed by atoms with E-state index in [-0.39, 0.29) is 5.60 Å². The first-order valence-corrected chi connectivity index (χ1v) is 6.04. The van der Waals surface area contributed by atoms with E-state index in [4.69, 9.17) is 4.84 Å². The number of hydrogen-bond acceptors (Lipinski definition) is 2. The normalized spacial score (nSPS) is 16.4. The number of hydrogen-bond donors (Lipinski definition) is 1. The molecule has 1 aliphatic rings. The van der Waals surface area contributed by atoms with Gasteiger partial charge in [-0.05, 0) is 50.7 Å². The molecule has 1 fully saturated rings. The highest BCUT2D eigenvalue weighted by Gasteiger charge is 2.23. The van der Waals surface area contributed by atoms with Gasteiger partial charge in [-0.1, -0.05) is 24.3 Å². The fraction of sp³-hybridized carbons (Fsp3) is 0.571. The van der Waals surface area contributed by atoms with Gasteiger partial charge < -0.3 is 0 Å². The van der Waals surface area contributed by atoms with Crippen molar-refractivity contribution in [2.24, 2.45) is 0 Å². The maximum absolute atomic E-state index is 5.50. The molecule has 1 N–H and O–H groups in total. The molecule has 1 saturated carbocycles. The third kappa shape index (κ3) is 3.62. The summed E-state index contributed by atoms with van der Waals surface area (Å²) in [7, 11) is 0. The van der Waals surface area contributed by atoms with Crippen molar-refractivity contribution >= 4 is 0 Å². The van der Waals surface area contributed by atoms with Gasteiger partial charge in [-0.3, -0.25) is 4.84 Å². The average Bonchev–Trinajstić information content (AvgIpc) is 2.99. The molecule has 0 atom stereocenters. The standard InChI is InChI=1S/C14H21NO/c1-14(2,3)16-15-10-11-5-4-6-13(9-11)12-7-8-12/h4-6,9,12,15H,7-8,10H2,1-3H3. The van der Waals surface area contributed by atoms with Gasteiger partial charge in [-0.2, -0.15) is 5.48 Å². The lowest BCUT2D eigenvalue weighted by Gasteiger charge is -2.19. The highest BCUT2D eigenvalue weighted by Crippen LogP contribution is 2.40. The fourth-order valence-corrected chi connectivity index (χ4v) is 1.71. The molecule has 88 valence electrons. The molecule has 0 heterocycles. The molecule has 2 rings (SSSR count). The van der Waals surface area contributed by atoms with Crippen molar-refractivity contribution in [1.29, 1.82) is 0 Å². The molecule has 0 amide bonds. The third-order valence-corrected chi connectivity index (χ3v) is 2.65. The van der Waals surface area contributed by atoms with Crippen LogP contribution in [-0.2, 0) is 11.4 Å². The lowest BCUT2D eigenvalue weighted by molar-refractivity contribution is -0.0757. The van der Waals surface area contributed by atoms with Gasteiger partial charge in [0.05, 0.1) is 5.60 Å². The summed E-state index contributed by atoms with van der Waals surface area (Å²) in [4.78, 5) is 5.50. The maximum Gasteiger partial charge on any atom is 0.0813 e. The highest BCUT2D eigenvalue weighted by molar-refractivity contribution is 5.28. The summed E-state index contributed by atoms with van der Waals surface area (Å²) >= 11 is 0. The van der Waals surface area contributed by atoms with Crippen molar-refractivity contribution in [3.8, 4) is 0 Å². The van der Waals surface area contributed by atoms with Gasteiger partial charge in [-0.15, -0.1) is 0 Å². The van der Waals surface area contributed by atoms with Crippen LogP contribution in [-0.4, -0.2) is 5.60 Å². The lowest BCUT2D eigenvalue weighted by Crippen LogP contribution is -2.28. The van der Waals surface area contributed by atoms with E-state index in [1.54, 1.807) is 0 Å². The van der Waals surface area contributed by atoms with E-state index in [1.165, 1.54) is 24.0 Å². The molecular formula is C14H21NO. The van der Waals surface area contributed by atoms with E-state index in [2.05, 4.69) is 29.7 Å². The molecule has 2 heteroatoms. The van der Waals surface area contributed by atoms with Crippen LogP contribution >= 0.6 is 0 Å². The molecule has 0 aliphatic heterocycles. The SMILES string of the molecule is CC(C)(C)ONCc1cccc(C2CC2)c1. The predicted molar refractivity (Wildman–Crippen MR) is 66.1 cm³/mol. The van der Waals surface area contributed by atoms with Gasteiger partial charge in [0.1, 0.15) is 0 Å². The Morgan fingerprint density at radius 3 is 2.69 bits per heavy atom. The minimum Gasteiger partial charge on any atom is -0.296 e. The Hall–Kier alpha value is -0.860. The Kier molecular flexibility index (Phi) is 3.31. The summed E-state index contributed by atoms with van der Waals surface area (Å²) in [5, 5.41) is 0. The van der Waals surface area contributed by atoms with Gasteiger partial charge in [0.2, 0.25) is 0 Å². The van der Waals surface area contributed by atoms with Crippen molar-refractivity contribution in [1.82, 2.24) is 5.48 Å². The number of benzene rings is 1. The monoisotopic (exact) mass is 219 g/mol. The Balaban J connectivity index is 1.86. The number of nitrogens with one attached hydrogen (secondary N) is 1. The molecule has 16 heavy (non-hydrogen) atoms. The van der Waals surface area contributed by atoms with Crippen molar-refractivity contribution in [2.75, 3.05) is 0 Å². The zero-order valence-corrected chi connectivity index (χ0v) is 10.4. The van der Waals surface area contributed by atoms with E-state index in [0.29, 0.717) is 0 Å². The lowest BCUT2D eigenvalue weighted by atomic mass is 10.1. The molecule has 1 aromatic carbocycles. The van der Waals surface area contributed by atoms with Gasteiger partial charge in [-0.25, -0.2) is 0 Å². The van der Waals surface area contributed by atoms with Crippen LogP contribution in [0.15, 0.2) is 24.3 Å². The molecule has 1 aromatic rings. The Bertz CT molecular complexity index is 350. The Morgan fingerprint density at radius 1 is 1.31 bits per heavy atom. The summed E-state index contributed by atoms with van der Waals surface area (Å²) in [6.07, 6.45) is 2.71. The summed E-state index contributed by atoms with van der Waals surface area (Å²) in [6, 6.07) is 8.80. The number of rotatable bonds is 4. The fourth-order valence-electron chi connectivity index (χ4n) is 1.71. The quantitative estimate of drug-likeness (QED) is 0.784. The van der Waals surface area contributed by atoms with Gasteiger partial charge >= 0.3 is 0 Å². The summed E-state index contributed by atoms with van der Waals surface area (Å²) in [6.45, 7) is 6.90. The molecule has 0 spiro atoms. The zero-order valence-electron chi connectivity index (χ0n) is 10.4. The largest absolute Gasteiger partial charge is 0.296 e. The second kappa shape index (κ2) is 4.56. The second-order valence-electron chi connectivity index (χ2n) is 5.55. The molecule has 0 radical (unpaired) electrons. The van der Waals surface area contributed by atoms with Crippen molar-refractivity contribution in [2.45, 2.75) is 51.7 Å². The first-order valence-electron chi connectivity index (χ1n) is 6.04. The van der Waals surface area contributed by atoms with Crippen molar-refractivity contribution in [3.05, 3.63) is 35.4 Å². The number of hydroxylamine groups is 1. The second-order valence-corrected chi connectivity index (χ2v) is 5.55. The van der Waals surface area contributed by atoms with E-state index in [0.717, 1.165) is 12.5 Å². The van der Waals surface area contributed by atoms with Gasteiger partial charge in [0.25, 0.3) is 0 Å². The highest BCUT2D eigenvalue weighted by atomic mass is 16.7. The van der Waals surface area contributed by atoms with Crippen LogP contribution < -0.4 is 5.48 Å². The van der Waals surface area contributed by atoms with Gasteiger partial charge in [0.15, 0.2) is 0 Å². The first kappa shape index (κ1) is 11.6. The molecule has 0 saturated heterocycles. The van der Waals surface area contributed by atoms with Gasteiger partial charge in [0, 0.05) is 6.54 Å². The average molecular weight is 219 g/mol. The third-order valence-electron chi connectivity index (χ3n) is 2.65. The Labute approximate surface area is 98.0 Å². The summed E-state index contributed by atoms with van der Waals surface area (Å²) in [5.74, 6) is 0.823. The van der Waals surface area contributed by atoms with Crippen molar-refractivity contribution in [3.63, 3.8) is 0 Å². The molecule has 0 unspecified atom stereocenters. The minimum absolute atomic E-state index is 0.131. The zero-order chi connectivity index (χ0) is 11.6. The maximum atomic E-state index is 5.50. The molecule has 1 aliphatic carbocycles. The molecule has 0 aromatic heterocycles. The van der Waals surface area contributed by atoms with Crippen LogP contribution in [0.4, 0.5) is 0 Å². The van der Waals surface area contributed by atoms with Crippen LogP contribution in [0, 0.1) is 0 Å². The minimum atomic E-state index is -0.131. The van der Waals surface area contributed by atoms with Crippen LogP contribution in [0.2, 0.25) is 0 Å². The molecular weight excluding hydrogens is 198 g/mol. The van der Waals surface area contributed by atoms with Crippen molar-refractivity contribution < 1.29 is 4.84 Å². The smallest absolute Gasteiger partial charge is 0.0813 e. The predicted octanol–water partition coefficient (Wildman–Crippen LogP) is 3.38. The van der Waals surface area contributed by atoms with E-state index in [9.17, 15) is 0 Å². The topological polar surface area (TPSA) is 21.3 Å². The first-order chi connectivity index (χ1) is 7.54. The van der Waals surface area contributed by atoms with Crippen LogP contribution in [0.5, 0.6) is 0 Å². The van der Waals surface area contributed by atoms with E-state index >= 15 is 0 Å². The molecule has 0 bridgehead atoms. The summed E-state index contributed by atoms with van der Waals surface area (Å²) in [5.41, 5.74) is 5.68.